The number of rotatable bonds is 8. The molecule has 1 aliphatic heterocycles. The first-order chi connectivity index (χ1) is 18.3. The number of carbonyl (C=O) groups excluding carboxylic acids is 1. The SMILES string of the molecule is COc1cccc(-c2c(C(N)=O)sc3cnc(Nc4ccc(C5CCN(C)CC5)cc4OC(C)C)nc23)c1. The number of aromatic nitrogens is 2. The fourth-order valence-corrected chi connectivity index (χ4v) is 5.87. The molecule has 2 aromatic carbocycles. The molecule has 38 heavy (non-hydrogen) atoms. The highest BCUT2D eigenvalue weighted by Crippen LogP contribution is 2.40. The van der Waals surface area contributed by atoms with Gasteiger partial charge in [-0.2, -0.15) is 0 Å². The van der Waals surface area contributed by atoms with Crippen LogP contribution in [0.2, 0.25) is 0 Å². The van der Waals surface area contributed by atoms with Gasteiger partial charge < -0.3 is 25.4 Å². The summed E-state index contributed by atoms with van der Waals surface area (Å²) >= 11 is 1.29. The molecule has 5 rings (SSSR count). The zero-order valence-electron chi connectivity index (χ0n) is 22.2. The van der Waals surface area contributed by atoms with Gasteiger partial charge in [0.25, 0.3) is 5.91 Å². The van der Waals surface area contributed by atoms with Gasteiger partial charge in [0.2, 0.25) is 5.95 Å². The Balaban J connectivity index is 1.52. The van der Waals surface area contributed by atoms with Crippen molar-refractivity contribution < 1.29 is 14.3 Å². The molecule has 8 nitrogen and oxygen atoms in total. The Hall–Kier alpha value is -3.69. The lowest BCUT2D eigenvalue weighted by molar-refractivity contribution is 0.100. The van der Waals surface area contributed by atoms with E-state index in [-0.39, 0.29) is 6.10 Å². The van der Waals surface area contributed by atoms with Crippen molar-refractivity contribution in [2.45, 2.75) is 38.7 Å². The zero-order valence-corrected chi connectivity index (χ0v) is 23.0. The van der Waals surface area contributed by atoms with Crippen LogP contribution < -0.4 is 20.5 Å². The van der Waals surface area contributed by atoms with Crippen LogP contribution in [-0.4, -0.2) is 54.1 Å². The van der Waals surface area contributed by atoms with Crippen LogP contribution in [0.4, 0.5) is 11.6 Å². The summed E-state index contributed by atoms with van der Waals surface area (Å²) in [6.07, 6.45) is 4.01. The second-order valence-corrected chi connectivity index (χ2v) is 11.0. The molecular weight excluding hydrogens is 498 g/mol. The maximum absolute atomic E-state index is 12.3. The van der Waals surface area contributed by atoms with Gasteiger partial charge in [-0.25, -0.2) is 9.97 Å². The molecule has 1 aliphatic rings. The molecular formula is C29H33N5O3S. The molecule has 4 aromatic rings. The van der Waals surface area contributed by atoms with Crippen molar-refractivity contribution in [2.75, 3.05) is 32.6 Å². The third-order valence-corrected chi connectivity index (χ3v) is 7.95. The van der Waals surface area contributed by atoms with Crippen LogP contribution >= 0.6 is 11.3 Å². The van der Waals surface area contributed by atoms with Crippen LogP contribution in [-0.2, 0) is 0 Å². The van der Waals surface area contributed by atoms with Gasteiger partial charge in [0.05, 0.1) is 35.3 Å². The van der Waals surface area contributed by atoms with Crippen LogP contribution in [0.25, 0.3) is 21.3 Å². The Kier molecular flexibility index (Phi) is 7.49. The van der Waals surface area contributed by atoms with E-state index in [0.717, 1.165) is 47.6 Å². The standard InChI is InChI=1S/C29H33N5O3S/c1-17(2)37-23-15-19(18-10-12-34(3)13-11-18)8-9-22(23)32-29-31-16-24-26(33-29)25(27(38-24)28(30)35)20-6-5-7-21(14-20)36-4/h5-9,14-18H,10-13H2,1-4H3,(H2,30,35)(H,31,32,33). The number of piperidine rings is 1. The maximum atomic E-state index is 12.3. The lowest BCUT2D eigenvalue weighted by Crippen LogP contribution is -2.29. The fraction of sp³-hybridized carbons (Fsp3) is 0.345. The number of nitrogens with zero attached hydrogens (tertiary/aromatic N) is 3. The summed E-state index contributed by atoms with van der Waals surface area (Å²) in [4.78, 5) is 24.5. The van der Waals surface area contributed by atoms with E-state index in [9.17, 15) is 4.79 Å². The number of fused-ring (bicyclic) bond motifs is 1. The third kappa shape index (κ3) is 5.44. The molecule has 0 bridgehead atoms. The normalized spacial score (nSPS) is 14.7. The summed E-state index contributed by atoms with van der Waals surface area (Å²) in [5.74, 6) is 1.89. The van der Waals surface area contributed by atoms with Crippen LogP contribution in [0.1, 0.15) is 47.8 Å². The van der Waals surface area contributed by atoms with Crippen molar-refractivity contribution >= 4 is 39.1 Å². The van der Waals surface area contributed by atoms with Crippen LogP contribution in [0.3, 0.4) is 0 Å². The Morgan fingerprint density at radius 1 is 1.18 bits per heavy atom. The lowest BCUT2D eigenvalue weighted by atomic mass is 9.89. The quantitative estimate of drug-likeness (QED) is 0.296. The van der Waals surface area contributed by atoms with Gasteiger partial charge in [-0.3, -0.25) is 4.79 Å². The number of nitrogens with two attached hydrogens (primary N) is 1. The average Bonchev–Trinajstić information content (AvgIpc) is 3.29. The number of likely N-dealkylation sites (tertiary alicyclic amines) is 1. The summed E-state index contributed by atoms with van der Waals surface area (Å²) in [6, 6.07) is 13.9. The number of methoxy groups -OCH3 is 1. The number of benzene rings is 2. The van der Waals surface area contributed by atoms with E-state index >= 15 is 0 Å². The molecule has 0 atom stereocenters. The molecule has 3 N–H and O–H groups in total. The molecule has 0 radical (unpaired) electrons. The highest BCUT2D eigenvalue weighted by molar-refractivity contribution is 7.21. The average molecular weight is 532 g/mol. The van der Waals surface area contributed by atoms with Crippen molar-refractivity contribution in [3.8, 4) is 22.6 Å². The smallest absolute Gasteiger partial charge is 0.259 e. The zero-order chi connectivity index (χ0) is 26.8. The van der Waals surface area contributed by atoms with E-state index in [0.29, 0.717) is 33.6 Å². The molecule has 0 aliphatic carbocycles. The Morgan fingerprint density at radius 3 is 2.68 bits per heavy atom. The van der Waals surface area contributed by atoms with Crippen molar-refractivity contribution in [3.05, 3.63) is 59.1 Å². The van der Waals surface area contributed by atoms with E-state index in [4.69, 9.17) is 20.2 Å². The number of carbonyl (C=O) groups is 1. The van der Waals surface area contributed by atoms with Gasteiger partial charge in [0, 0.05) is 5.56 Å². The minimum atomic E-state index is -0.502. The molecule has 0 unspecified atom stereocenters. The van der Waals surface area contributed by atoms with Gasteiger partial charge in [0.15, 0.2) is 0 Å². The summed E-state index contributed by atoms with van der Waals surface area (Å²) in [5, 5.41) is 3.36. The molecule has 9 heteroatoms. The molecule has 2 aromatic heterocycles. The molecule has 198 valence electrons. The minimum Gasteiger partial charge on any atom is -0.497 e. The molecule has 1 fully saturated rings. The second-order valence-electron chi connectivity index (χ2n) is 9.93. The molecule has 3 heterocycles. The number of hydrogen-bond acceptors (Lipinski definition) is 8. The number of hydrogen-bond donors (Lipinski definition) is 2. The molecule has 0 saturated carbocycles. The predicted molar refractivity (Wildman–Crippen MR) is 153 cm³/mol. The molecule has 1 amide bonds. The first kappa shape index (κ1) is 25.9. The van der Waals surface area contributed by atoms with Gasteiger partial charge in [-0.15, -0.1) is 11.3 Å². The lowest BCUT2D eigenvalue weighted by Gasteiger charge is -2.29. The first-order valence-corrected chi connectivity index (χ1v) is 13.6. The summed E-state index contributed by atoms with van der Waals surface area (Å²) in [7, 11) is 3.78. The highest BCUT2D eigenvalue weighted by atomic mass is 32.1. The number of amides is 1. The predicted octanol–water partition coefficient (Wildman–Crippen LogP) is 5.81. The van der Waals surface area contributed by atoms with Crippen LogP contribution in [0.5, 0.6) is 11.5 Å². The van der Waals surface area contributed by atoms with Gasteiger partial charge in [-0.1, -0.05) is 18.2 Å². The summed E-state index contributed by atoms with van der Waals surface area (Å²) < 4.78 is 12.4. The van der Waals surface area contributed by atoms with E-state index in [1.54, 1.807) is 13.3 Å². The van der Waals surface area contributed by atoms with Gasteiger partial charge in [-0.05, 0) is 88.1 Å². The molecule has 1 saturated heterocycles. The maximum Gasteiger partial charge on any atom is 0.259 e. The fourth-order valence-electron chi connectivity index (χ4n) is 4.88. The van der Waals surface area contributed by atoms with Crippen LogP contribution in [0, 0.1) is 0 Å². The summed E-state index contributed by atoms with van der Waals surface area (Å²) in [6.45, 7) is 6.24. The summed E-state index contributed by atoms with van der Waals surface area (Å²) in [5.41, 5.74) is 9.98. The van der Waals surface area contributed by atoms with Crippen molar-refractivity contribution in [3.63, 3.8) is 0 Å². The largest absolute Gasteiger partial charge is 0.497 e. The Morgan fingerprint density at radius 2 is 1.97 bits per heavy atom. The molecule has 0 spiro atoms. The first-order valence-electron chi connectivity index (χ1n) is 12.8. The van der Waals surface area contributed by atoms with Gasteiger partial charge >= 0.3 is 0 Å². The minimum absolute atomic E-state index is 0.0151. The van der Waals surface area contributed by atoms with Crippen molar-refractivity contribution in [2.24, 2.45) is 5.73 Å². The van der Waals surface area contributed by atoms with E-state index in [2.05, 4.69) is 34.4 Å². The monoisotopic (exact) mass is 531 g/mol. The highest BCUT2D eigenvalue weighted by Gasteiger charge is 2.22. The number of primary amides is 1. The third-order valence-electron chi connectivity index (χ3n) is 6.82. The Bertz CT molecular complexity index is 1460. The Labute approximate surface area is 226 Å². The number of ether oxygens (including phenoxy) is 2. The number of thiophene rings is 1. The van der Waals surface area contributed by atoms with Crippen LogP contribution in [0.15, 0.2) is 48.7 Å². The number of nitrogens with one attached hydrogen (secondary N) is 1. The van der Waals surface area contributed by atoms with Crippen molar-refractivity contribution in [1.29, 1.82) is 0 Å². The second kappa shape index (κ2) is 11.0. The number of anilines is 2. The van der Waals surface area contributed by atoms with E-state index in [1.165, 1.54) is 16.9 Å². The van der Waals surface area contributed by atoms with E-state index in [1.807, 2.05) is 44.2 Å². The van der Waals surface area contributed by atoms with E-state index < -0.39 is 5.91 Å². The van der Waals surface area contributed by atoms with Gasteiger partial charge in [0.1, 0.15) is 16.4 Å². The van der Waals surface area contributed by atoms with Crippen molar-refractivity contribution in [1.82, 2.24) is 14.9 Å². The topological polar surface area (TPSA) is 103 Å².